The Morgan fingerprint density at radius 2 is 2.24 bits per heavy atom. The molecule has 0 aliphatic carbocycles. The fourth-order valence-corrected chi connectivity index (χ4v) is 3.65. The van der Waals surface area contributed by atoms with Crippen molar-refractivity contribution in [2.24, 2.45) is 0 Å². The second kappa shape index (κ2) is 7.84. The number of halogens is 2. The van der Waals surface area contributed by atoms with Crippen LogP contribution in [0.4, 0.5) is 15.8 Å². The van der Waals surface area contributed by atoms with Gasteiger partial charge in [-0.25, -0.2) is 14.2 Å². The van der Waals surface area contributed by atoms with Crippen molar-refractivity contribution in [1.29, 1.82) is 0 Å². The first-order valence-electron chi connectivity index (χ1n) is 9.12. The zero-order chi connectivity index (χ0) is 20.5. The third-order valence-corrected chi connectivity index (χ3v) is 5.18. The number of aromatic amines is 1. The van der Waals surface area contributed by atoms with Gasteiger partial charge in [-0.1, -0.05) is 11.6 Å². The fourth-order valence-electron chi connectivity index (χ4n) is 3.53. The zero-order valence-electron chi connectivity index (χ0n) is 15.6. The predicted octanol–water partition coefficient (Wildman–Crippen LogP) is 2.46. The summed E-state index contributed by atoms with van der Waals surface area (Å²) in [4.78, 5) is 34.2. The van der Waals surface area contributed by atoms with Gasteiger partial charge < -0.3 is 14.6 Å². The van der Waals surface area contributed by atoms with Crippen LogP contribution in [0.5, 0.6) is 0 Å². The summed E-state index contributed by atoms with van der Waals surface area (Å²) in [5, 5.41) is 2.87. The van der Waals surface area contributed by atoms with Crippen LogP contribution in [0.2, 0.25) is 5.02 Å². The molecule has 1 saturated heterocycles. The minimum Gasteiger partial charge on any atom is -0.406 e. The van der Waals surface area contributed by atoms with Gasteiger partial charge in [-0.15, -0.1) is 0 Å². The first-order valence-corrected chi connectivity index (χ1v) is 9.49. The van der Waals surface area contributed by atoms with Gasteiger partial charge >= 0.3 is 5.76 Å². The highest BCUT2D eigenvalue weighted by molar-refractivity contribution is 6.30. The number of pyridine rings is 1. The Labute approximate surface area is 170 Å². The minimum absolute atomic E-state index is 0.100. The molecule has 1 fully saturated rings. The molecule has 1 amide bonds. The summed E-state index contributed by atoms with van der Waals surface area (Å²) in [6.07, 6.45) is 1.46. The first kappa shape index (κ1) is 19.4. The van der Waals surface area contributed by atoms with Gasteiger partial charge in [-0.05, 0) is 25.1 Å². The van der Waals surface area contributed by atoms with Crippen LogP contribution in [0.25, 0.3) is 11.2 Å². The lowest BCUT2D eigenvalue weighted by Gasteiger charge is -2.41. The van der Waals surface area contributed by atoms with Gasteiger partial charge in [0.15, 0.2) is 11.2 Å². The summed E-state index contributed by atoms with van der Waals surface area (Å²) in [6.45, 7) is 4.22. The molecule has 2 aromatic heterocycles. The minimum atomic E-state index is -0.594. The Bertz CT molecular complexity index is 1110. The summed E-state index contributed by atoms with van der Waals surface area (Å²) >= 11 is 5.76. The van der Waals surface area contributed by atoms with Crippen molar-refractivity contribution in [3.05, 3.63) is 51.9 Å². The number of carbonyl (C=O) groups is 1. The topological polar surface area (TPSA) is 94.5 Å². The van der Waals surface area contributed by atoms with Gasteiger partial charge in [0.2, 0.25) is 5.91 Å². The Morgan fingerprint density at radius 1 is 1.41 bits per heavy atom. The first-order chi connectivity index (χ1) is 13.9. The average molecular weight is 420 g/mol. The van der Waals surface area contributed by atoms with Crippen LogP contribution in [-0.4, -0.2) is 53.0 Å². The van der Waals surface area contributed by atoms with Crippen molar-refractivity contribution in [3.63, 3.8) is 0 Å². The monoisotopic (exact) mass is 419 g/mol. The molecule has 1 aliphatic rings. The van der Waals surface area contributed by atoms with Crippen LogP contribution in [0.1, 0.15) is 6.92 Å². The van der Waals surface area contributed by atoms with E-state index in [4.69, 9.17) is 16.0 Å². The maximum Gasteiger partial charge on any atom is 0.418 e. The van der Waals surface area contributed by atoms with Crippen molar-refractivity contribution >= 4 is 40.1 Å². The Morgan fingerprint density at radius 3 is 3.00 bits per heavy atom. The molecule has 0 bridgehead atoms. The van der Waals surface area contributed by atoms with Crippen molar-refractivity contribution in [3.8, 4) is 0 Å². The van der Waals surface area contributed by atoms with Gasteiger partial charge in [0.05, 0.1) is 23.5 Å². The van der Waals surface area contributed by atoms with E-state index in [9.17, 15) is 14.0 Å². The standard InChI is InChI=1S/C19H19ClFN5O3/c1-11-9-25(4-5-26(11)13-2-3-14(20)15(21)7-13)10-17(27)23-12-6-16-18(22-8-12)24-19(28)29-16/h2-3,6-8,11H,4-5,9-10H2,1H3,(H,23,27)(H,22,24,28)/t11-/m1/s1. The van der Waals surface area contributed by atoms with Crippen LogP contribution in [0.15, 0.2) is 39.7 Å². The number of oxazole rings is 1. The number of fused-ring (bicyclic) bond motifs is 1. The summed E-state index contributed by atoms with van der Waals surface area (Å²) < 4.78 is 18.7. The molecule has 29 heavy (non-hydrogen) atoms. The molecule has 4 rings (SSSR count). The molecule has 1 aliphatic heterocycles. The number of H-pyrrole nitrogens is 1. The van der Waals surface area contributed by atoms with E-state index in [0.717, 1.165) is 5.69 Å². The summed E-state index contributed by atoms with van der Waals surface area (Å²) in [6, 6.07) is 6.44. The molecule has 0 radical (unpaired) electrons. The molecule has 8 nitrogen and oxygen atoms in total. The Hall–Kier alpha value is -2.91. The van der Waals surface area contributed by atoms with Crippen LogP contribution in [0.3, 0.4) is 0 Å². The molecular weight excluding hydrogens is 401 g/mol. The van der Waals surface area contributed by atoms with Gasteiger partial charge in [0, 0.05) is 37.4 Å². The number of piperazine rings is 1. The maximum atomic E-state index is 13.8. The van der Waals surface area contributed by atoms with Crippen LogP contribution in [-0.2, 0) is 4.79 Å². The van der Waals surface area contributed by atoms with Crippen molar-refractivity contribution < 1.29 is 13.6 Å². The van der Waals surface area contributed by atoms with Crippen LogP contribution < -0.4 is 16.0 Å². The number of aromatic nitrogens is 2. The zero-order valence-corrected chi connectivity index (χ0v) is 16.4. The summed E-state index contributed by atoms with van der Waals surface area (Å²) in [5.74, 6) is -1.23. The lowest BCUT2D eigenvalue weighted by Crippen LogP contribution is -2.53. The van der Waals surface area contributed by atoms with E-state index >= 15 is 0 Å². The highest BCUT2D eigenvalue weighted by Gasteiger charge is 2.25. The Kier molecular flexibility index (Phi) is 5.25. The highest BCUT2D eigenvalue weighted by atomic mass is 35.5. The third kappa shape index (κ3) is 4.25. The van der Waals surface area contributed by atoms with Gasteiger partial charge in [0.1, 0.15) is 5.82 Å². The molecule has 3 heterocycles. The second-order valence-electron chi connectivity index (χ2n) is 7.01. The summed E-state index contributed by atoms with van der Waals surface area (Å²) in [5.41, 5.74) is 1.84. The fraction of sp³-hybridized carbons (Fsp3) is 0.316. The number of hydrogen-bond donors (Lipinski definition) is 2. The molecule has 152 valence electrons. The van der Waals surface area contributed by atoms with E-state index in [1.54, 1.807) is 18.2 Å². The second-order valence-corrected chi connectivity index (χ2v) is 7.42. The number of amides is 1. The van der Waals surface area contributed by atoms with Crippen molar-refractivity contribution in [2.45, 2.75) is 13.0 Å². The summed E-state index contributed by atoms with van der Waals surface area (Å²) in [7, 11) is 0. The van der Waals surface area contributed by atoms with Crippen LogP contribution >= 0.6 is 11.6 Å². The lowest BCUT2D eigenvalue weighted by atomic mass is 10.1. The van der Waals surface area contributed by atoms with Gasteiger partial charge in [0.25, 0.3) is 0 Å². The smallest absolute Gasteiger partial charge is 0.406 e. The molecular formula is C19H19ClFN5O3. The average Bonchev–Trinajstić information content (AvgIpc) is 3.03. The predicted molar refractivity (Wildman–Crippen MR) is 108 cm³/mol. The Balaban J connectivity index is 1.35. The molecule has 2 N–H and O–H groups in total. The molecule has 0 unspecified atom stereocenters. The molecule has 1 aromatic carbocycles. The molecule has 10 heteroatoms. The lowest BCUT2D eigenvalue weighted by molar-refractivity contribution is -0.117. The number of benzene rings is 1. The molecule has 1 atom stereocenters. The highest BCUT2D eigenvalue weighted by Crippen LogP contribution is 2.25. The molecule has 0 saturated carbocycles. The van der Waals surface area contributed by atoms with E-state index in [1.807, 2.05) is 11.8 Å². The largest absolute Gasteiger partial charge is 0.418 e. The molecule has 0 spiro atoms. The van der Waals surface area contributed by atoms with Gasteiger partial charge in [-0.3, -0.25) is 14.7 Å². The third-order valence-electron chi connectivity index (χ3n) is 4.87. The number of anilines is 2. The number of nitrogens with zero attached hydrogens (tertiary/aromatic N) is 3. The van der Waals surface area contributed by atoms with Crippen molar-refractivity contribution in [2.75, 3.05) is 36.4 Å². The number of carbonyl (C=O) groups excluding carboxylic acids is 1. The number of nitrogens with one attached hydrogen (secondary N) is 2. The van der Waals surface area contributed by atoms with E-state index < -0.39 is 11.6 Å². The SMILES string of the molecule is C[C@@H]1CN(CC(=O)Nc2cnc3[nH]c(=O)oc3c2)CCN1c1ccc(Cl)c(F)c1. The van der Waals surface area contributed by atoms with Gasteiger partial charge in [-0.2, -0.15) is 0 Å². The molecule has 3 aromatic rings. The van der Waals surface area contributed by atoms with Crippen molar-refractivity contribution in [1.82, 2.24) is 14.9 Å². The maximum absolute atomic E-state index is 13.8. The number of rotatable bonds is 4. The van der Waals surface area contributed by atoms with Crippen LogP contribution in [0, 0.1) is 5.82 Å². The number of hydrogen-bond acceptors (Lipinski definition) is 6. The normalized spacial score (nSPS) is 17.6. The van der Waals surface area contributed by atoms with E-state index in [-0.39, 0.29) is 29.1 Å². The van der Waals surface area contributed by atoms with E-state index in [1.165, 1.54) is 12.3 Å². The quantitative estimate of drug-likeness (QED) is 0.674. The van der Waals surface area contributed by atoms with E-state index in [2.05, 4.69) is 20.2 Å². The van der Waals surface area contributed by atoms with E-state index in [0.29, 0.717) is 31.0 Å².